The maximum Gasteiger partial charge on any atom is 0.343 e. The summed E-state index contributed by atoms with van der Waals surface area (Å²) in [6, 6.07) is 16.7. The molecule has 0 aliphatic carbocycles. The molecule has 2 heterocycles. The minimum atomic E-state index is -3.78. The number of carbonyl (C=O) groups excluding carboxylic acids is 1. The lowest BCUT2D eigenvalue weighted by Crippen LogP contribution is -2.26. The number of rotatable bonds is 5. The van der Waals surface area contributed by atoms with E-state index in [1.807, 2.05) is 0 Å². The van der Waals surface area contributed by atoms with Gasteiger partial charge in [0.15, 0.2) is 0 Å². The van der Waals surface area contributed by atoms with Crippen LogP contribution in [-0.2, 0) is 23.0 Å². The van der Waals surface area contributed by atoms with Crippen LogP contribution in [0.3, 0.4) is 0 Å². The normalized spacial score (nSPS) is 13.0. The molecule has 0 N–H and O–H groups in total. The van der Waals surface area contributed by atoms with Crippen molar-refractivity contribution in [3.63, 3.8) is 0 Å². The van der Waals surface area contributed by atoms with Crippen LogP contribution in [-0.4, -0.2) is 31.0 Å². The SMILES string of the molecule is CN(c1ccc(OC(=O)c2ccc3c(=O)n4c(nc3c2)CCC4)cc1)S(=O)(=O)c1ccc(Cl)cc1. The zero-order valence-corrected chi connectivity index (χ0v) is 20.2. The number of halogens is 1. The molecule has 0 unspecified atom stereocenters. The van der Waals surface area contributed by atoms with Gasteiger partial charge >= 0.3 is 5.97 Å². The van der Waals surface area contributed by atoms with Gasteiger partial charge in [0.1, 0.15) is 11.6 Å². The quantitative estimate of drug-likeness (QED) is 0.297. The Hall–Kier alpha value is -3.69. The van der Waals surface area contributed by atoms with Crippen LogP contribution in [0.15, 0.2) is 76.4 Å². The number of hydrogen-bond acceptors (Lipinski definition) is 6. The van der Waals surface area contributed by atoms with E-state index in [1.54, 1.807) is 28.8 Å². The van der Waals surface area contributed by atoms with Gasteiger partial charge in [-0.2, -0.15) is 0 Å². The summed E-state index contributed by atoms with van der Waals surface area (Å²) in [6.07, 6.45) is 1.61. The molecule has 0 saturated heterocycles. The van der Waals surface area contributed by atoms with Crippen LogP contribution in [0.5, 0.6) is 5.75 Å². The van der Waals surface area contributed by atoms with Crippen molar-refractivity contribution in [1.82, 2.24) is 9.55 Å². The number of anilines is 1. The van der Waals surface area contributed by atoms with E-state index in [0.717, 1.165) is 23.0 Å². The molecule has 35 heavy (non-hydrogen) atoms. The van der Waals surface area contributed by atoms with Gasteiger partial charge < -0.3 is 4.74 Å². The number of aromatic nitrogens is 2. The molecule has 0 spiro atoms. The molecule has 0 amide bonds. The molecular weight excluding hydrogens is 490 g/mol. The van der Waals surface area contributed by atoms with Gasteiger partial charge in [0, 0.05) is 25.0 Å². The Kier molecular flexibility index (Phi) is 5.82. The van der Waals surface area contributed by atoms with Crippen LogP contribution < -0.4 is 14.6 Å². The monoisotopic (exact) mass is 509 g/mol. The van der Waals surface area contributed by atoms with Gasteiger partial charge in [-0.05, 0) is 73.2 Å². The standard InChI is InChI=1S/C25H20ClN3O5S/c1-28(35(32,33)20-11-5-17(26)6-12-20)18-7-9-19(10-8-18)34-25(31)16-4-13-21-22(15-16)27-23-3-2-14-29(23)24(21)30/h4-13,15H,2-3,14H2,1H3. The average Bonchev–Trinajstić information content (AvgIpc) is 3.33. The fourth-order valence-electron chi connectivity index (χ4n) is 4.00. The largest absolute Gasteiger partial charge is 0.423 e. The Labute approximate surface area is 206 Å². The molecule has 8 nitrogen and oxygen atoms in total. The van der Waals surface area contributed by atoms with Gasteiger partial charge in [0.25, 0.3) is 15.6 Å². The summed E-state index contributed by atoms with van der Waals surface area (Å²) in [5.41, 5.74) is 1.01. The molecule has 5 rings (SSSR count). The highest BCUT2D eigenvalue weighted by Gasteiger charge is 2.22. The first-order valence-electron chi connectivity index (χ1n) is 10.8. The third-order valence-corrected chi connectivity index (χ3v) is 7.99. The number of nitrogens with zero attached hydrogens (tertiary/aromatic N) is 3. The lowest BCUT2D eigenvalue weighted by molar-refractivity contribution is 0.0735. The maximum atomic E-state index is 12.9. The number of hydrogen-bond donors (Lipinski definition) is 0. The van der Waals surface area contributed by atoms with Gasteiger partial charge in [-0.15, -0.1) is 0 Å². The van der Waals surface area contributed by atoms with Gasteiger partial charge in [0.2, 0.25) is 0 Å². The average molecular weight is 510 g/mol. The smallest absolute Gasteiger partial charge is 0.343 e. The molecule has 178 valence electrons. The molecule has 0 radical (unpaired) electrons. The van der Waals surface area contributed by atoms with Crippen LogP contribution in [0.4, 0.5) is 5.69 Å². The Morgan fingerprint density at radius 1 is 1.06 bits per heavy atom. The summed E-state index contributed by atoms with van der Waals surface area (Å²) in [7, 11) is -2.35. The Bertz CT molecular complexity index is 1610. The van der Waals surface area contributed by atoms with E-state index >= 15 is 0 Å². The predicted octanol–water partition coefficient (Wildman–Crippen LogP) is 4.04. The van der Waals surface area contributed by atoms with E-state index in [-0.39, 0.29) is 21.8 Å². The van der Waals surface area contributed by atoms with Crippen molar-refractivity contribution in [2.24, 2.45) is 0 Å². The number of esters is 1. The molecule has 0 fully saturated rings. The van der Waals surface area contributed by atoms with E-state index in [2.05, 4.69) is 4.98 Å². The van der Waals surface area contributed by atoms with Crippen molar-refractivity contribution in [3.05, 3.63) is 93.5 Å². The molecule has 1 aromatic heterocycles. The number of aryl methyl sites for hydroxylation is 1. The Balaban J connectivity index is 1.34. The predicted molar refractivity (Wildman–Crippen MR) is 133 cm³/mol. The number of sulfonamides is 1. The summed E-state index contributed by atoms with van der Waals surface area (Å²) in [6.45, 7) is 0.660. The molecular formula is C25H20ClN3O5S. The topological polar surface area (TPSA) is 98.6 Å². The molecule has 0 atom stereocenters. The Morgan fingerprint density at radius 2 is 1.77 bits per heavy atom. The minimum absolute atomic E-state index is 0.101. The molecule has 0 bridgehead atoms. The first-order chi connectivity index (χ1) is 16.7. The first-order valence-corrected chi connectivity index (χ1v) is 12.7. The lowest BCUT2D eigenvalue weighted by atomic mass is 10.1. The second kappa shape index (κ2) is 8.83. The molecule has 3 aromatic carbocycles. The third kappa shape index (κ3) is 4.28. The summed E-state index contributed by atoms with van der Waals surface area (Å²) in [5.74, 6) is 0.364. The summed E-state index contributed by atoms with van der Waals surface area (Å²) < 4.78 is 34.0. The Morgan fingerprint density at radius 3 is 2.49 bits per heavy atom. The number of fused-ring (bicyclic) bond motifs is 2. The molecule has 10 heteroatoms. The maximum absolute atomic E-state index is 12.9. The minimum Gasteiger partial charge on any atom is -0.423 e. The second-order valence-corrected chi connectivity index (χ2v) is 10.5. The van der Waals surface area contributed by atoms with Gasteiger partial charge in [-0.25, -0.2) is 18.2 Å². The van der Waals surface area contributed by atoms with Crippen molar-refractivity contribution in [3.8, 4) is 5.75 Å². The fourth-order valence-corrected chi connectivity index (χ4v) is 5.33. The number of benzene rings is 3. The van der Waals surface area contributed by atoms with E-state index in [4.69, 9.17) is 16.3 Å². The molecule has 1 aliphatic heterocycles. The molecule has 0 saturated carbocycles. The highest BCUT2D eigenvalue weighted by atomic mass is 35.5. The van der Waals surface area contributed by atoms with Crippen molar-refractivity contribution in [1.29, 1.82) is 0 Å². The van der Waals surface area contributed by atoms with E-state index in [1.165, 1.54) is 49.5 Å². The van der Waals surface area contributed by atoms with Crippen LogP contribution in [0.2, 0.25) is 5.02 Å². The third-order valence-electron chi connectivity index (χ3n) is 5.94. The summed E-state index contributed by atoms with van der Waals surface area (Å²) in [5, 5.41) is 0.901. The van der Waals surface area contributed by atoms with Crippen LogP contribution in [0.25, 0.3) is 10.9 Å². The van der Waals surface area contributed by atoms with Crippen molar-refractivity contribution in [2.45, 2.75) is 24.3 Å². The van der Waals surface area contributed by atoms with Gasteiger partial charge in [-0.3, -0.25) is 13.7 Å². The van der Waals surface area contributed by atoms with Crippen LogP contribution >= 0.6 is 11.6 Å². The number of ether oxygens (including phenoxy) is 1. The lowest BCUT2D eigenvalue weighted by Gasteiger charge is -2.19. The summed E-state index contributed by atoms with van der Waals surface area (Å²) in [4.78, 5) is 30.0. The van der Waals surface area contributed by atoms with Crippen LogP contribution in [0.1, 0.15) is 22.6 Å². The van der Waals surface area contributed by atoms with Crippen molar-refractivity contribution in [2.75, 3.05) is 11.4 Å². The molecule has 1 aliphatic rings. The van der Waals surface area contributed by atoms with E-state index in [9.17, 15) is 18.0 Å². The highest BCUT2D eigenvalue weighted by Crippen LogP contribution is 2.26. The highest BCUT2D eigenvalue weighted by molar-refractivity contribution is 7.92. The second-order valence-electron chi connectivity index (χ2n) is 8.13. The van der Waals surface area contributed by atoms with Gasteiger partial charge in [0.05, 0.1) is 27.0 Å². The summed E-state index contributed by atoms with van der Waals surface area (Å²) >= 11 is 5.85. The first kappa shape index (κ1) is 23.1. The van der Waals surface area contributed by atoms with Gasteiger partial charge in [-0.1, -0.05) is 11.6 Å². The molecule has 4 aromatic rings. The van der Waals surface area contributed by atoms with Crippen molar-refractivity contribution < 1.29 is 17.9 Å². The zero-order chi connectivity index (χ0) is 24.7. The fraction of sp³-hybridized carbons (Fsp3) is 0.160. The number of carbonyl (C=O) groups is 1. The van der Waals surface area contributed by atoms with Crippen molar-refractivity contribution >= 4 is 44.2 Å². The van der Waals surface area contributed by atoms with E-state index < -0.39 is 16.0 Å². The zero-order valence-electron chi connectivity index (χ0n) is 18.6. The van der Waals surface area contributed by atoms with E-state index in [0.29, 0.717) is 28.2 Å². The van der Waals surface area contributed by atoms with Crippen LogP contribution in [0, 0.1) is 0 Å².